The molecule has 102 valence electrons. The first-order chi connectivity index (χ1) is 9.16. The van der Waals surface area contributed by atoms with Crippen molar-refractivity contribution in [2.45, 2.75) is 26.2 Å². The zero-order valence-corrected chi connectivity index (χ0v) is 11.7. The lowest BCUT2D eigenvalue weighted by molar-refractivity contribution is -0.131. The number of fused-ring (bicyclic) bond motifs is 1. The number of hydrogen-bond donors (Lipinski definition) is 1. The summed E-state index contributed by atoms with van der Waals surface area (Å²) >= 11 is 0. The fourth-order valence-corrected chi connectivity index (χ4v) is 3.26. The minimum absolute atomic E-state index is 0.0158. The molecular formula is C16H22N2O. The monoisotopic (exact) mass is 258 g/mol. The Balaban J connectivity index is 1.73. The first-order valence-corrected chi connectivity index (χ1v) is 7.28. The summed E-state index contributed by atoms with van der Waals surface area (Å²) in [6, 6.07) is 8.17. The van der Waals surface area contributed by atoms with Gasteiger partial charge in [-0.15, -0.1) is 0 Å². The summed E-state index contributed by atoms with van der Waals surface area (Å²) in [4.78, 5) is 14.7. The van der Waals surface area contributed by atoms with Gasteiger partial charge in [-0.3, -0.25) is 4.79 Å². The largest absolute Gasteiger partial charge is 0.384 e. The molecule has 1 aromatic carbocycles. The van der Waals surface area contributed by atoms with E-state index in [4.69, 9.17) is 0 Å². The number of likely N-dealkylation sites (tertiary alicyclic amines) is 1. The number of amides is 1. The third kappa shape index (κ3) is 2.22. The average molecular weight is 258 g/mol. The third-order valence-corrected chi connectivity index (χ3v) is 4.61. The van der Waals surface area contributed by atoms with Gasteiger partial charge in [0.15, 0.2) is 0 Å². The molecule has 0 aliphatic carbocycles. The molecule has 1 amide bonds. The first-order valence-electron chi connectivity index (χ1n) is 7.28. The minimum Gasteiger partial charge on any atom is -0.384 e. The van der Waals surface area contributed by atoms with Crippen LogP contribution in [0.2, 0.25) is 0 Å². The Hall–Kier alpha value is -1.51. The van der Waals surface area contributed by atoms with Crippen molar-refractivity contribution in [3.8, 4) is 0 Å². The summed E-state index contributed by atoms with van der Waals surface area (Å²) < 4.78 is 0. The van der Waals surface area contributed by atoms with E-state index in [0.717, 1.165) is 31.7 Å². The Kier molecular flexibility index (Phi) is 3.21. The molecule has 0 radical (unpaired) electrons. The number of carbonyl (C=O) groups is 1. The van der Waals surface area contributed by atoms with Crippen molar-refractivity contribution in [1.29, 1.82) is 0 Å². The highest BCUT2D eigenvalue weighted by atomic mass is 16.2. The van der Waals surface area contributed by atoms with Gasteiger partial charge < -0.3 is 10.2 Å². The van der Waals surface area contributed by atoms with Gasteiger partial charge in [0.1, 0.15) is 0 Å². The van der Waals surface area contributed by atoms with Crippen molar-refractivity contribution in [2.24, 2.45) is 11.8 Å². The van der Waals surface area contributed by atoms with E-state index in [0.29, 0.717) is 17.7 Å². The molecular weight excluding hydrogens is 236 g/mol. The summed E-state index contributed by atoms with van der Waals surface area (Å²) in [6.45, 7) is 7.13. The second-order valence-electron chi connectivity index (χ2n) is 6.10. The Morgan fingerprint density at radius 2 is 2.16 bits per heavy atom. The van der Waals surface area contributed by atoms with Gasteiger partial charge in [0.2, 0.25) is 5.91 Å². The van der Waals surface area contributed by atoms with Crippen LogP contribution in [0, 0.1) is 11.8 Å². The van der Waals surface area contributed by atoms with E-state index in [1.54, 1.807) is 0 Å². The molecule has 0 aromatic heterocycles. The average Bonchev–Trinajstić information content (AvgIpc) is 3.05. The summed E-state index contributed by atoms with van der Waals surface area (Å²) in [7, 11) is 0. The lowest BCUT2D eigenvalue weighted by atomic mass is 9.95. The van der Waals surface area contributed by atoms with Crippen molar-refractivity contribution in [1.82, 2.24) is 4.90 Å². The lowest BCUT2D eigenvalue weighted by Crippen LogP contribution is -2.34. The number of anilines is 1. The van der Waals surface area contributed by atoms with E-state index in [9.17, 15) is 4.79 Å². The van der Waals surface area contributed by atoms with Crippen molar-refractivity contribution < 1.29 is 4.79 Å². The molecule has 1 fully saturated rings. The van der Waals surface area contributed by atoms with Crippen LogP contribution in [0.15, 0.2) is 24.3 Å². The van der Waals surface area contributed by atoms with Gasteiger partial charge in [-0.05, 0) is 29.9 Å². The number of rotatable bonds is 2. The number of hydrogen-bond acceptors (Lipinski definition) is 2. The second kappa shape index (κ2) is 4.87. The fourth-order valence-electron chi connectivity index (χ4n) is 3.26. The first kappa shape index (κ1) is 12.5. The molecule has 0 saturated carbocycles. The van der Waals surface area contributed by atoms with Crippen molar-refractivity contribution in [2.75, 3.05) is 25.0 Å². The predicted molar refractivity (Wildman–Crippen MR) is 77.2 cm³/mol. The summed E-state index contributed by atoms with van der Waals surface area (Å²) in [5.74, 6) is 1.67. The molecule has 1 saturated heterocycles. The molecule has 2 heterocycles. The highest BCUT2D eigenvalue weighted by molar-refractivity contribution is 5.88. The molecule has 19 heavy (non-hydrogen) atoms. The maximum atomic E-state index is 12.7. The molecule has 0 bridgehead atoms. The zero-order valence-electron chi connectivity index (χ0n) is 11.7. The minimum atomic E-state index is 0.0158. The van der Waals surface area contributed by atoms with Crippen molar-refractivity contribution >= 4 is 11.6 Å². The van der Waals surface area contributed by atoms with Crippen LogP contribution in [-0.4, -0.2) is 30.4 Å². The van der Waals surface area contributed by atoms with Gasteiger partial charge in [-0.25, -0.2) is 0 Å². The lowest BCUT2D eigenvalue weighted by Gasteiger charge is -2.21. The standard InChI is InChI=1S/C16H22N2O/c1-11(2)12-7-8-18(10-12)16(19)14-9-17-15-6-4-3-5-13(14)15/h3-6,11-12,14,17H,7-10H2,1-2H3. The van der Waals surface area contributed by atoms with E-state index in [2.05, 4.69) is 36.2 Å². The van der Waals surface area contributed by atoms with E-state index in [1.165, 1.54) is 5.56 Å². The van der Waals surface area contributed by atoms with Crippen LogP contribution in [0.1, 0.15) is 31.7 Å². The quantitative estimate of drug-likeness (QED) is 0.884. The van der Waals surface area contributed by atoms with Crippen LogP contribution in [0.5, 0.6) is 0 Å². The van der Waals surface area contributed by atoms with Gasteiger partial charge in [0.05, 0.1) is 5.92 Å². The Morgan fingerprint density at radius 1 is 1.37 bits per heavy atom. The molecule has 2 aliphatic rings. The summed E-state index contributed by atoms with van der Waals surface area (Å²) in [5.41, 5.74) is 2.29. The van der Waals surface area contributed by atoms with Crippen molar-refractivity contribution in [3.05, 3.63) is 29.8 Å². The maximum Gasteiger partial charge on any atom is 0.231 e. The molecule has 2 aliphatic heterocycles. The fraction of sp³-hybridized carbons (Fsp3) is 0.562. The van der Waals surface area contributed by atoms with Crippen LogP contribution in [0.4, 0.5) is 5.69 Å². The van der Waals surface area contributed by atoms with Gasteiger partial charge in [-0.2, -0.15) is 0 Å². The Morgan fingerprint density at radius 3 is 2.89 bits per heavy atom. The predicted octanol–water partition coefficient (Wildman–Crippen LogP) is 2.70. The highest BCUT2D eigenvalue weighted by Crippen LogP contribution is 2.34. The summed E-state index contributed by atoms with van der Waals surface area (Å²) in [6.07, 6.45) is 1.16. The number of nitrogens with one attached hydrogen (secondary N) is 1. The van der Waals surface area contributed by atoms with Crippen LogP contribution in [-0.2, 0) is 4.79 Å². The molecule has 1 N–H and O–H groups in total. The highest BCUT2D eigenvalue weighted by Gasteiger charge is 2.35. The molecule has 1 aromatic rings. The molecule has 0 spiro atoms. The van der Waals surface area contributed by atoms with E-state index in [1.807, 2.05) is 12.1 Å². The van der Waals surface area contributed by atoms with E-state index < -0.39 is 0 Å². The molecule has 3 heteroatoms. The normalized spacial score (nSPS) is 25.5. The van der Waals surface area contributed by atoms with Crippen LogP contribution < -0.4 is 5.32 Å². The molecule has 3 rings (SSSR count). The van der Waals surface area contributed by atoms with E-state index in [-0.39, 0.29) is 5.92 Å². The van der Waals surface area contributed by atoms with Crippen LogP contribution in [0.25, 0.3) is 0 Å². The maximum absolute atomic E-state index is 12.7. The molecule has 3 nitrogen and oxygen atoms in total. The number of nitrogens with zero attached hydrogens (tertiary/aromatic N) is 1. The number of carbonyl (C=O) groups excluding carboxylic acids is 1. The second-order valence-corrected chi connectivity index (χ2v) is 6.10. The Labute approximate surface area is 115 Å². The topological polar surface area (TPSA) is 32.3 Å². The van der Waals surface area contributed by atoms with Crippen molar-refractivity contribution in [3.63, 3.8) is 0 Å². The number of para-hydroxylation sites is 1. The van der Waals surface area contributed by atoms with Gasteiger partial charge in [0.25, 0.3) is 0 Å². The number of benzene rings is 1. The van der Waals surface area contributed by atoms with Gasteiger partial charge in [-0.1, -0.05) is 32.0 Å². The zero-order chi connectivity index (χ0) is 13.4. The van der Waals surface area contributed by atoms with Crippen LogP contribution >= 0.6 is 0 Å². The molecule has 2 unspecified atom stereocenters. The molecule has 2 atom stereocenters. The smallest absolute Gasteiger partial charge is 0.231 e. The Bertz CT molecular complexity index is 483. The SMILES string of the molecule is CC(C)C1CCN(C(=O)C2CNc3ccccc32)C1. The van der Waals surface area contributed by atoms with E-state index >= 15 is 0 Å². The van der Waals surface area contributed by atoms with Crippen LogP contribution in [0.3, 0.4) is 0 Å². The summed E-state index contributed by atoms with van der Waals surface area (Å²) in [5, 5.41) is 3.34. The third-order valence-electron chi connectivity index (χ3n) is 4.61. The van der Waals surface area contributed by atoms with Gasteiger partial charge >= 0.3 is 0 Å². The van der Waals surface area contributed by atoms with Gasteiger partial charge in [0, 0.05) is 25.3 Å².